The Morgan fingerprint density at radius 1 is 1.04 bits per heavy atom. The summed E-state index contributed by atoms with van der Waals surface area (Å²) in [5.41, 5.74) is 0.413. The molecule has 2 N–H and O–H groups in total. The van der Waals surface area contributed by atoms with Gasteiger partial charge in [0, 0.05) is 17.8 Å². The Labute approximate surface area is 153 Å². The smallest absolute Gasteiger partial charge is 0.270 e. The van der Waals surface area contributed by atoms with Crippen LogP contribution in [0.2, 0.25) is 5.02 Å². The molecular formula is C18H13ClF2N4O. The van der Waals surface area contributed by atoms with Crippen molar-refractivity contribution in [3.63, 3.8) is 0 Å². The molecule has 0 atom stereocenters. The van der Waals surface area contributed by atoms with Gasteiger partial charge < -0.3 is 10.6 Å². The number of rotatable bonds is 5. The SMILES string of the molecule is O=C(NCc1ccccc1Cl)c1ccnc(Nc2c(F)cccc2F)n1. The van der Waals surface area contributed by atoms with Crippen molar-refractivity contribution >= 4 is 29.1 Å². The average Bonchev–Trinajstić information content (AvgIpc) is 2.64. The number of anilines is 2. The minimum atomic E-state index is -0.790. The lowest BCUT2D eigenvalue weighted by Gasteiger charge is -2.09. The molecule has 8 heteroatoms. The zero-order valence-corrected chi connectivity index (χ0v) is 14.1. The van der Waals surface area contributed by atoms with Gasteiger partial charge in [0.15, 0.2) is 0 Å². The Hall–Kier alpha value is -3.06. The molecule has 0 fully saturated rings. The lowest BCUT2D eigenvalue weighted by atomic mass is 10.2. The number of amides is 1. The number of hydrogen-bond acceptors (Lipinski definition) is 4. The molecule has 1 heterocycles. The monoisotopic (exact) mass is 374 g/mol. The van der Waals surface area contributed by atoms with E-state index in [0.717, 1.165) is 17.7 Å². The van der Waals surface area contributed by atoms with Crippen LogP contribution in [0.3, 0.4) is 0 Å². The highest BCUT2D eigenvalue weighted by Gasteiger charge is 2.13. The van der Waals surface area contributed by atoms with Crippen molar-refractivity contribution < 1.29 is 13.6 Å². The van der Waals surface area contributed by atoms with Crippen LogP contribution in [0, 0.1) is 11.6 Å². The van der Waals surface area contributed by atoms with Gasteiger partial charge in [-0.2, -0.15) is 0 Å². The van der Waals surface area contributed by atoms with Gasteiger partial charge in [0.25, 0.3) is 5.91 Å². The number of nitrogens with one attached hydrogen (secondary N) is 2. The predicted molar refractivity (Wildman–Crippen MR) is 94.3 cm³/mol. The van der Waals surface area contributed by atoms with Crippen molar-refractivity contribution in [2.75, 3.05) is 5.32 Å². The van der Waals surface area contributed by atoms with Crippen molar-refractivity contribution in [2.24, 2.45) is 0 Å². The van der Waals surface area contributed by atoms with Crippen LogP contribution < -0.4 is 10.6 Å². The fraction of sp³-hybridized carbons (Fsp3) is 0.0556. The summed E-state index contributed by atoms with van der Waals surface area (Å²) in [6.45, 7) is 0.215. The third kappa shape index (κ3) is 4.12. The van der Waals surface area contributed by atoms with Crippen LogP contribution in [-0.2, 0) is 6.54 Å². The minimum absolute atomic E-state index is 0.0475. The third-order valence-electron chi connectivity index (χ3n) is 3.49. The van der Waals surface area contributed by atoms with E-state index in [2.05, 4.69) is 20.6 Å². The molecule has 0 bridgehead atoms. The van der Waals surface area contributed by atoms with Gasteiger partial charge >= 0.3 is 0 Å². The highest BCUT2D eigenvalue weighted by Crippen LogP contribution is 2.21. The Morgan fingerprint density at radius 2 is 1.77 bits per heavy atom. The fourth-order valence-electron chi connectivity index (χ4n) is 2.18. The molecule has 0 saturated heterocycles. The minimum Gasteiger partial charge on any atom is -0.347 e. The molecule has 0 unspecified atom stereocenters. The van der Waals surface area contributed by atoms with Crippen molar-refractivity contribution in [3.8, 4) is 0 Å². The number of carbonyl (C=O) groups is 1. The van der Waals surface area contributed by atoms with Gasteiger partial charge in [0.1, 0.15) is 23.0 Å². The fourth-order valence-corrected chi connectivity index (χ4v) is 2.38. The summed E-state index contributed by atoms with van der Waals surface area (Å²) >= 11 is 6.04. The maximum absolute atomic E-state index is 13.7. The Bertz CT molecular complexity index is 932. The van der Waals surface area contributed by atoms with Crippen molar-refractivity contribution in [2.45, 2.75) is 6.54 Å². The molecule has 0 aliphatic heterocycles. The normalized spacial score (nSPS) is 10.4. The standard InChI is InChI=1S/C18H13ClF2N4O/c19-12-5-2-1-4-11(12)10-23-17(26)15-8-9-22-18(24-15)25-16-13(20)6-3-7-14(16)21/h1-9H,10H2,(H,23,26)(H,22,24,25). The van der Waals surface area contributed by atoms with Crippen LogP contribution in [-0.4, -0.2) is 15.9 Å². The largest absolute Gasteiger partial charge is 0.347 e. The average molecular weight is 375 g/mol. The van der Waals surface area contributed by atoms with Crippen LogP contribution in [0.1, 0.15) is 16.1 Å². The first kappa shape index (κ1) is 17.8. The molecule has 0 saturated carbocycles. The molecule has 132 valence electrons. The van der Waals surface area contributed by atoms with E-state index in [1.54, 1.807) is 18.2 Å². The van der Waals surface area contributed by atoms with E-state index in [-0.39, 0.29) is 23.9 Å². The second-order valence-corrected chi connectivity index (χ2v) is 5.67. The van der Waals surface area contributed by atoms with E-state index in [0.29, 0.717) is 5.02 Å². The molecule has 3 rings (SSSR count). The molecule has 0 radical (unpaired) electrons. The maximum atomic E-state index is 13.7. The molecule has 1 amide bonds. The third-order valence-corrected chi connectivity index (χ3v) is 3.85. The Kier molecular flexibility index (Phi) is 5.38. The first-order valence-electron chi connectivity index (χ1n) is 7.60. The molecule has 0 spiro atoms. The highest BCUT2D eigenvalue weighted by molar-refractivity contribution is 6.31. The second kappa shape index (κ2) is 7.88. The summed E-state index contributed by atoms with van der Waals surface area (Å²) in [7, 11) is 0. The molecule has 3 aromatic rings. The summed E-state index contributed by atoms with van der Waals surface area (Å²) < 4.78 is 27.4. The van der Waals surface area contributed by atoms with E-state index in [4.69, 9.17) is 11.6 Å². The lowest BCUT2D eigenvalue weighted by molar-refractivity contribution is 0.0946. The Balaban J connectivity index is 1.72. The van der Waals surface area contributed by atoms with E-state index in [9.17, 15) is 13.6 Å². The van der Waals surface area contributed by atoms with Gasteiger partial charge in [0.2, 0.25) is 5.95 Å². The highest BCUT2D eigenvalue weighted by atomic mass is 35.5. The summed E-state index contributed by atoms with van der Waals surface area (Å²) in [6, 6.07) is 12.0. The maximum Gasteiger partial charge on any atom is 0.270 e. The summed E-state index contributed by atoms with van der Waals surface area (Å²) in [4.78, 5) is 20.1. The van der Waals surface area contributed by atoms with Crippen LogP contribution in [0.4, 0.5) is 20.4 Å². The van der Waals surface area contributed by atoms with Crippen LogP contribution >= 0.6 is 11.6 Å². The number of carbonyl (C=O) groups excluding carboxylic acids is 1. The summed E-state index contributed by atoms with van der Waals surface area (Å²) in [6.07, 6.45) is 1.32. The van der Waals surface area contributed by atoms with E-state index in [1.807, 2.05) is 6.07 Å². The second-order valence-electron chi connectivity index (χ2n) is 5.26. The topological polar surface area (TPSA) is 66.9 Å². The summed E-state index contributed by atoms with van der Waals surface area (Å²) in [5.74, 6) is -2.15. The van der Waals surface area contributed by atoms with Crippen molar-refractivity contribution in [3.05, 3.63) is 82.6 Å². The van der Waals surface area contributed by atoms with Gasteiger partial charge in [0.05, 0.1) is 0 Å². The summed E-state index contributed by atoms with van der Waals surface area (Å²) in [5, 5.41) is 5.66. The van der Waals surface area contributed by atoms with Crippen LogP contribution in [0.15, 0.2) is 54.7 Å². The van der Waals surface area contributed by atoms with Crippen molar-refractivity contribution in [1.82, 2.24) is 15.3 Å². The Morgan fingerprint density at radius 3 is 2.50 bits per heavy atom. The van der Waals surface area contributed by atoms with Gasteiger partial charge in [-0.15, -0.1) is 0 Å². The van der Waals surface area contributed by atoms with E-state index < -0.39 is 17.5 Å². The quantitative estimate of drug-likeness (QED) is 0.706. The lowest BCUT2D eigenvalue weighted by Crippen LogP contribution is -2.24. The molecule has 2 aromatic carbocycles. The van der Waals surface area contributed by atoms with Gasteiger partial charge in [-0.25, -0.2) is 18.7 Å². The molecule has 0 aliphatic rings. The van der Waals surface area contributed by atoms with E-state index in [1.165, 1.54) is 18.3 Å². The zero-order chi connectivity index (χ0) is 18.5. The van der Waals surface area contributed by atoms with Gasteiger partial charge in [-0.3, -0.25) is 4.79 Å². The number of para-hydroxylation sites is 1. The number of benzene rings is 2. The molecule has 1 aromatic heterocycles. The first-order valence-corrected chi connectivity index (χ1v) is 7.98. The van der Waals surface area contributed by atoms with Crippen LogP contribution in [0.5, 0.6) is 0 Å². The van der Waals surface area contributed by atoms with Crippen LogP contribution in [0.25, 0.3) is 0 Å². The van der Waals surface area contributed by atoms with Crippen molar-refractivity contribution in [1.29, 1.82) is 0 Å². The first-order chi connectivity index (χ1) is 12.5. The zero-order valence-electron chi connectivity index (χ0n) is 13.3. The van der Waals surface area contributed by atoms with Gasteiger partial charge in [-0.1, -0.05) is 35.9 Å². The molecular weight excluding hydrogens is 362 g/mol. The van der Waals surface area contributed by atoms with E-state index >= 15 is 0 Å². The predicted octanol–water partition coefficient (Wildman–Crippen LogP) is 4.08. The number of nitrogens with zero attached hydrogens (tertiary/aromatic N) is 2. The molecule has 26 heavy (non-hydrogen) atoms. The molecule has 0 aliphatic carbocycles. The number of aromatic nitrogens is 2. The number of halogens is 3. The molecule has 5 nitrogen and oxygen atoms in total. The number of hydrogen-bond donors (Lipinski definition) is 2. The van der Waals surface area contributed by atoms with Gasteiger partial charge in [-0.05, 0) is 29.8 Å².